The van der Waals surface area contributed by atoms with Crippen molar-refractivity contribution in [3.8, 4) is 33.4 Å². The Kier molecular flexibility index (Phi) is 7.53. The number of furan rings is 1. The molecule has 0 amide bonds. The molecule has 0 unspecified atom stereocenters. The van der Waals surface area contributed by atoms with Gasteiger partial charge in [0.25, 0.3) is 0 Å². The molecule has 0 radical (unpaired) electrons. The summed E-state index contributed by atoms with van der Waals surface area (Å²) in [5.74, 6) is 0. The molecule has 0 fully saturated rings. The Hall–Kier alpha value is -7.42. The van der Waals surface area contributed by atoms with Crippen molar-refractivity contribution in [1.29, 1.82) is 0 Å². The summed E-state index contributed by atoms with van der Waals surface area (Å²) in [7, 11) is 0. The highest BCUT2D eigenvalue weighted by Crippen LogP contribution is 2.44. The minimum atomic E-state index is 0.862. The van der Waals surface area contributed by atoms with E-state index in [1.165, 1.54) is 65.7 Å². The third-order valence-corrected chi connectivity index (χ3v) is 11.2. The Morgan fingerprint density at radius 3 is 1.55 bits per heavy atom. The van der Waals surface area contributed by atoms with Gasteiger partial charge in [-0.05, 0) is 120 Å². The molecule has 11 rings (SSSR count). The lowest BCUT2D eigenvalue weighted by Crippen LogP contribution is -2.10. The van der Waals surface area contributed by atoms with Crippen molar-refractivity contribution in [3.63, 3.8) is 0 Å². The molecule has 0 saturated heterocycles. The predicted molar refractivity (Wildman–Crippen MR) is 237 cm³/mol. The van der Waals surface area contributed by atoms with Crippen molar-refractivity contribution in [2.75, 3.05) is 4.90 Å². The first-order chi connectivity index (χ1) is 27.7. The van der Waals surface area contributed by atoms with Crippen molar-refractivity contribution >= 4 is 71.3 Å². The first-order valence-corrected chi connectivity index (χ1v) is 19.2. The first kappa shape index (κ1) is 32.0. The average Bonchev–Trinajstić information content (AvgIpc) is 3.62. The summed E-state index contributed by atoms with van der Waals surface area (Å²) in [5.41, 5.74) is 12.0. The summed E-state index contributed by atoms with van der Waals surface area (Å²) in [6, 6.07) is 76.5. The molecule has 1 heterocycles. The van der Waals surface area contributed by atoms with Gasteiger partial charge in [-0.3, -0.25) is 0 Å². The largest absolute Gasteiger partial charge is 0.456 e. The maximum Gasteiger partial charge on any atom is 0.137 e. The highest BCUT2D eigenvalue weighted by atomic mass is 16.3. The zero-order valence-electron chi connectivity index (χ0n) is 30.6. The van der Waals surface area contributed by atoms with Crippen molar-refractivity contribution in [2.24, 2.45) is 0 Å². The highest BCUT2D eigenvalue weighted by Gasteiger charge is 2.19. The highest BCUT2D eigenvalue weighted by molar-refractivity contribution is 6.14. The lowest BCUT2D eigenvalue weighted by molar-refractivity contribution is 0.669. The maximum absolute atomic E-state index is 6.62. The molecule has 2 nitrogen and oxygen atoms in total. The fourth-order valence-corrected chi connectivity index (χ4v) is 8.52. The molecular formula is C54H35NO. The second-order valence-corrected chi connectivity index (χ2v) is 14.5. The monoisotopic (exact) mass is 713 g/mol. The quantitative estimate of drug-likeness (QED) is 0.160. The van der Waals surface area contributed by atoms with Crippen LogP contribution in [0.4, 0.5) is 17.1 Å². The topological polar surface area (TPSA) is 16.4 Å². The summed E-state index contributed by atoms with van der Waals surface area (Å²) >= 11 is 0. The molecular weight excluding hydrogens is 679 g/mol. The van der Waals surface area contributed by atoms with Crippen molar-refractivity contribution in [3.05, 3.63) is 212 Å². The van der Waals surface area contributed by atoms with Crippen molar-refractivity contribution < 1.29 is 4.42 Å². The summed E-state index contributed by atoms with van der Waals surface area (Å²) in [5, 5.41) is 9.65. The molecule has 0 atom stereocenters. The normalized spacial score (nSPS) is 11.6. The van der Waals surface area contributed by atoms with E-state index in [0.29, 0.717) is 0 Å². The molecule has 0 spiro atoms. The molecule has 1 aromatic heterocycles. The summed E-state index contributed by atoms with van der Waals surface area (Å²) in [6.07, 6.45) is 0. The van der Waals surface area contributed by atoms with Gasteiger partial charge in [-0.2, -0.15) is 0 Å². The smallest absolute Gasteiger partial charge is 0.137 e. The summed E-state index contributed by atoms with van der Waals surface area (Å²) in [6.45, 7) is 0. The summed E-state index contributed by atoms with van der Waals surface area (Å²) in [4.78, 5) is 2.35. The minimum absolute atomic E-state index is 0.862. The molecule has 0 aliphatic heterocycles. The van der Waals surface area contributed by atoms with Gasteiger partial charge >= 0.3 is 0 Å². The van der Waals surface area contributed by atoms with E-state index in [2.05, 4.69) is 217 Å². The van der Waals surface area contributed by atoms with Gasteiger partial charge in [-0.1, -0.05) is 152 Å². The molecule has 10 aromatic carbocycles. The molecule has 2 heteroatoms. The van der Waals surface area contributed by atoms with E-state index in [-0.39, 0.29) is 0 Å². The van der Waals surface area contributed by atoms with Gasteiger partial charge in [-0.25, -0.2) is 0 Å². The molecule has 0 aliphatic rings. The number of fused-ring (bicyclic) bond motifs is 7. The van der Waals surface area contributed by atoms with Crippen LogP contribution in [-0.2, 0) is 0 Å². The van der Waals surface area contributed by atoms with E-state index in [1.54, 1.807) is 0 Å². The molecule has 0 saturated carbocycles. The zero-order valence-corrected chi connectivity index (χ0v) is 30.6. The van der Waals surface area contributed by atoms with Crippen LogP contribution >= 0.6 is 0 Å². The second-order valence-electron chi connectivity index (χ2n) is 14.5. The fraction of sp³-hybridized carbons (Fsp3) is 0. The Morgan fingerprint density at radius 2 is 0.804 bits per heavy atom. The van der Waals surface area contributed by atoms with Crippen LogP contribution in [0, 0.1) is 0 Å². The molecule has 262 valence electrons. The average molecular weight is 714 g/mol. The van der Waals surface area contributed by atoms with Crippen LogP contribution < -0.4 is 4.90 Å². The van der Waals surface area contributed by atoms with Crippen molar-refractivity contribution in [2.45, 2.75) is 0 Å². The minimum Gasteiger partial charge on any atom is -0.456 e. The van der Waals surface area contributed by atoms with E-state index in [0.717, 1.165) is 39.0 Å². The van der Waals surface area contributed by atoms with Crippen LogP contribution in [0.5, 0.6) is 0 Å². The van der Waals surface area contributed by atoms with Gasteiger partial charge in [0, 0.05) is 33.9 Å². The molecule has 0 N–H and O–H groups in total. The van der Waals surface area contributed by atoms with E-state index < -0.39 is 0 Å². The van der Waals surface area contributed by atoms with Crippen molar-refractivity contribution in [1.82, 2.24) is 0 Å². The van der Waals surface area contributed by atoms with Gasteiger partial charge in [-0.15, -0.1) is 0 Å². The lowest BCUT2D eigenvalue weighted by atomic mass is 9.93. The molecule has 0 bridgehead atoms. The van der Waals surface area contributed by atoms with Gasteiger partial charge in [0.15, 0.2) is 0 Å². The Labute approximate surface area is 325 Å². The van der Waals surface area contributed by atoms with Gasteiger partial charge < -0.3 is 9.32 Å². The molecule has 0 aliphatic carbocycles. The molecule has 11 aromatic rings. The van der Waals surface area contributed by atoms with E-state index in [1.807, 2.05) is 0 Å². The standard InChI is InChI=1S/C54H35NO/c1-3-13-36(14-4-1)46-29-27-43(34-51(46)37-15-5-2-6-16-37)55(44-28-30-49-52-31-39-17-7-8-18-40(39)33-53(52)56-54(49)35-44)42-25-23-38(24-26-42)50-32-41-19-9-10-20-45(41)47-21-11-12-22-48(47)50/h1-35H. The van der Waals surface area contributed by atoms with Crippen LogP contribution in [0.15, 0.2) is 217 Å². The summed E-state index contributed by atoms with van der Waals surface area (Å²) < 4.78 is 6.62. The van der Waals surface area contributed by atoms with Gasteiger partial charge in [0.2, 0.25) is 0 Å². The third-order valence-electron chi connectivity index (χ3n) is 11.2. The van der Waals surface area contributed by atoms with Crippen LogP contribution in [0.25, 0.3) is 87.6 Å². The van der Waals surface area contributed by atoms with Crippen LogP contribution in [0.3, 0.4) is 0 Å². The second kappa shape index (κ2) is 13.2. The van der Waals surface area contributed by atoms with E-state index in [4.69, 9.17) is 4.42 Å². The Balaban J connectivity index is 1.10. The first-order valence-electron chi connectivity index (χ1n) is 19.2. The number of anilines is 3. The third kappa shape index (κ3) is 5.42. The van der Waals surface area contributed by atoms with E-state index >= 15 is 0 Å². The number of benzene rings is 10. The zero-order chi connectivity index (χ0) is 37.0. The van der Waals surface area contributed by atoms with Crippen LogP contribution in [-0.4, -0.2) is 0 Å². The number of rotatable bonds is 6. The fourth-order valence-electron chi connectivity index (χ4n) is 8.52. The van der Waals surface area contributed by atoms with E-state index in [9.17, 15) is 0 Å². The Bertz CT molecular complexity index is 3230. The van der Waals surface area contributed by atoms with Crippen LogP contribution in [0.2, 0.25) is 0 Å². The predicted octanol–water partition coefficient (Wildman–Crippen LogP) is 15.5. The SMILES string of the molecule is c1ccc(-c2ccc(N(c3ccc(-c4cc5ccccc5c5ccccc45)cc3)c3ccc4c(c3)oc3cc5ccccc5cc34)cc2-c2ccccc2)cc1. The number of hydrogen-bond donors (Lipinski definition) is 0. The number of hydrogen-bond acceptors (Lipinski definition) is 2. The number of nitrogens with zero attached hydrogens (tertiary/aromatic N) is 1. The maximum atomic E-state index is 6.62. The van der Waals surface area contributed by atoms with Crippen LogP contribution in [0.1, 0.15) is 0 Å². The van der Waals surface area contributed by atoms with Gasteiger partial charge in [0.05, 0.1) is 0 Å². The van der Waals surface area contributed by atoms with Gasteiger partial charge in [0.1, 0.15) is 11.2 Å². The lowest BCUT2D eigenvalue weighted by Gasteiger charge is -2.27. The molecule has 56 heavy (non-hydrogen) atoms. The Morgan fingerprint density at radius 1 is 0.268 bits per heavy atom.